The summed E-state index contributed by atoms with van der Waals surface area (Å²) in [4.78, 5) is 151. The number of rotatable bonds is 37. The van der Waals surface area contributed by atoms with Gasteiger partial charge in [0.1, 0.15) is 23.9 Å². The molecule has 0 spiro atoms. The van der Waals surface area contributed by atoms with E-state index in [0.717, 1.165) is 4.90 Å². The minimum atomic E-state index is -1.53. The molecule has 1 aromatic rings. The van der Waals surface area contributed by atoms with Crippen molar-refractivity contribution in [2.45, 2.75) is 127 Å². The molecule has 1 aromatic carbocycles. The highest BCUT2D eigenvalue weighted by atomic mass is 32.2. The van der Waals surface area contributed by atoms with Crippen LogP contribution in [0.5, 0.6) is 0 Å². The molecule has 0 aliphatic heterocycles. The molecule has 0 bridgehead atoms. The largest absolute Gasteiger partial charge is 0.481 e. The first-order valence-electron chi connectivity index (χ1n) is 22.4. The van der Waals surface area contributed by atoms with Crippen LogP contribution in [0.15, 0.2) is 30.3 Å². The Morgan fingerprint density at radius 2 is 1.36 bits per heavy atom. The average Bonchev–Trinajstić information content (AvgIpc) is 3.30. The number of nitrogens with zero attached hydrogens (tertiary/aromatic N) is 2. The second-order valence-electron chi connectivity index (χ2n) is 16.5. The van der Waals surface area contributed by atoms with Gasteiger partial charge in [0.05, 0.1) is 24.8 Å². The number of hydrogen-bond donors (Lipinski definition) is 9. The van der Waals surface area contributed by atoms with E-state index in [1.54, 1.807) is 37.3 Å². The van der Waals surface area contributed by atoms with Crippen LogP contribution in [0, 0.1) is 5.92 Å². The van der Waals surface area contributed by atoms with Gasteiger partial charge in [-0.15, -0.1) is 0 Å². The second-order valence-corrected chi connectivity index (χ2v) is 17.4. The van der Waals surface area contributed by atoms with Gasteiger partial charge in [-0.2, -0.15) is 11.8 Å². The summed E-state index contributed by atoms with van der Waals surface area (Å²) in [5.74, 6) is -9.60. The molecule has 6 amide bonds. The molecule has 390 valence electrons. The van der Waals surface area contributed by atoms with Crippen LogP contribution in [0.25, 0.3) is 0 Å². The van der Waals surface area contributed by atoms with Crippen LogP contribution >= 0.6 is 11.8 Å². The average molecular weight is 1010 g/mol. The van der Waals surface area contributed by atoms with E-state index < -0.39 is 115 Å². The summed E-state index contributed by atoms with van der Waals surface area (Å²) in [6.07, 6.45) is -2.46. The number of carbonyl (C=O) groups excluding carboxylic acids is 8. The molecule has 2 unspecified atom stereocenters. The number of carboxylic acids is 4. The molecule has 24 nitrogen and oxygen atoms in total. The molecule has 0 saturated heterocycles. The van der Waals surface area contributed by atoms with Gasteiger partial charge in [-0.1, -0.05) is 30.3 Å². The molecule has 0 saturated carbocycles. The van der Waals surface area contributed by atoms with Crippen LogP contribution in [-0.4, -0.2) is 178 Å². The van der Waals surface area contributed by atoms with Crippen molar-refractivity contribution >= 4 is 83.3 Å². The number of carboxylic acid groups (broad SMARTS) is 4. The maximum absolute atomic E-state index is 13.7. The third-order valence-electron chi connectivity index (χ3n) is 11.1. The monoisotopic (exact) mass is 1010 g/mol. The third-order valence-corrected chi connectivity index (χ3v) is 11.9. The van der Waals surface area contributed by atoms with E-state index in [-0.39, 0.29) is 89.1 Å². The lowest BCUT2D eigenvalue weighted by Gasteiger charge is -2.34. The first-order chi connectivity index (χ1) is 33.0. The molecule has 9 N–H and O–H groups in total. The summed E-state index contributed by atoms with van der Waals surface area (Å²) in [5, 5.41) is 50.1. The SMILES string of the molecule is CN[C@@H](CNC(=O)CC[C@H](CC(=O)[C@H](Cc1ccccc1)NC(=O)CCCCC(=O)CC[C@H](NC(=O)N[C@@H](CCC(=O)O)OC=O)C(=O)O)C(=O)O)C(=O)N(C)C(CC(=O)O)C(=O)N(C)C(C)CSC. The van der Waals surface area contributed by atoms with E-state index in [9.17, 15) is 72.9 Å². The number of benzene rings is 1. The van der Waals surface area contributed by atoms with E-state index in [2.05, 4.69) is 31.3 Å². The Hall–Kier alpha value is -6.63. The molecule has 0 aliphatic carbocycles. The van der Waals surface area contributed by atoms with Gasteiger partial charge < -0.3 is 61.5 Å². The normalized spacial score (nSPS) is 13.8. The van der Waals surface area contributed by atoms with Crippen molar-refractivity contribution in [3.63, 3.8) is 0 Å². The number of Topliss-reactive ketones (excluding diaryl/α,β-unsaturated/α-hetero) is 2. The van der Waals surface area contributed by atoms with E-state index in [4.69, 9.17) is 5.11 Å². The van der Waals surface area contributed by atoms with Crippen LogP contribution in [0.1, 0.15) is 89.5 Å². The molecular formula is C45H67N7O17S. The van der Waals surface area contributed by atoms with E-state index >= 15 is 0 Å². The predicted octanol–water partition coefficient (Wildman–Crippen LogP) is 0.396. The molecule has 0 heterocycles. The molecule has 0 aliphatic rings. The number of nitrogens with one attached hydrogen (secondary N) is 5. The van der Waals surface area contributed by atoms with Crippen LogP contribution in [0.4, 0.5) is 4.79 Å². The highest BCUT2D eigenvalue weighted by Gasteiger charge is 2.36. The topological polar surface area (TPSA) is 362 Å². The van der Waals surface area contributed by atoms with Gasteiger partial charge in [0, 0.05) is 71.0 Å². The number of ether oxygens (including phenoxy) is 1. The molecule has 0 radical (unpaired) electrons. The number of carbonyl (C=O) groups is 12. The summed E-state index contributed by atoms with van der Waals surface area (Å²) < 4.78 is 4.60. The van der Waals surface area contributed by atoms with Crippen LogP contribution in [-0.2, 0) is 63.9 Å². The second kappa shape index (κ2) is 33.0. The number of likely N-dealkylation sites (N-methyl/N-ethyl adjacent to an activating group) is 3. The molecular weight excluding hydrogens is 943 g/mol. The Morgan fingerprint density at radius 3 is 1.93 bits per heavy atom. The van der Waals surface area contributed by atoms with Crippen molar-refractivity contribution < 1.29 is 82.7 Å². The summed E-state index contributed by atoms with van der Waals surface area (Å²) in [6, 6.07) is 2.15. The lowest BCUT2D eigenvalue weighted by Crippen LogP contribution is -2.57. The zero-order valence-corrected chi connectivity index (χ0v) is 40.8. The smallest absolute Gasteiger partial charge is 0.326 e. The first kappa shape index (κ1) is 61.4. The molecule has 7 atom stereocenters. The maximum Gasteiger partial charge on any atom is 0.326 e. The van der Waals surface area contributed by atoms with Crippen molar-refractivity contribution in [3.8, 4) is 0 Å². The van der Waals surface area contributed by atoms with Crippen LogP contribution < -0.4 is 26.6 Å². The molecule has 0 aromatic heterocycles. The Morgan fingerprint density at radius 1 is 0.700 bits per heavy atom. The Bertz CT molecular complexity index is 1960. The van der Waals surface area contributed by atoms with Crippen molar-refractivity contribution in [1.29, 1.82) is 0 Å². The quantitative estimate of drug-likeness (QED) is 0.0247. The standard InChI is InChI=1S/C45H67N7O17S/c1-27(25-70-5)51(3)42(63)34(23-40(60)61)52(4)41(62)33(46-2)24-47-36(56)18-15-29(43(64)65)22-35(55)32(21-28-11-7-6-8-12-28)48-37(57)14-10-9-13-30(54)16-17-31(44(66)67)49-45(68)50-38(69-26-53)19-20-39(58)59/h6-8,11-12,26-27,29,31-34,38,46H,9-10,13-25H2,1-5H3,(H,47,56)(H,48,57)(H,58,59)(H,60,61)(H,64,65)(H,66,67)(H2,49,50,68)/t27?,29-,31+,32+,33+,34?,38-/m1/s1. The number of thioether (sulfide) groups is 1. The Labute approximate surface area is 409 Å². The minimum Gasteiger partial charge on any atom is -0.481 e. The van der Waals surface area contributed by atoms with Gasteiger partial charge in [-0.25, -0.2) is 9.59 Å². The number of ketones is 2. The third kappa shape index (κ3) is 24.1. The maximum atomic E-state index is 13.7. The molecule has 70 heavy (non-hydrogen) atoms. The van der Waals surface area contributed by atoms with Crippen molar-refractivity contribution in [1.82, 2.24) is 36.4 Å². The van der Waals surface area contributed by atoms with Crippen molar-refractivity contribution in [2.75, 3.05) is 39.7 Å². The Kier molecular flexibility index (Phi) is 28.9. The molecule has 1 rings (SSSR count). The molecule has 0 fully saturated rings. The summed E-state index contributed by atoms with van der Waals surface area (Å²) in [5.41, 5.74) is 0.659. The lowest BCUT2D eigenvalue weighted by molar-refractivity contribution is -0.150. The fraction of sp³-hybridized carbons (Fsp3) is 0.600. The Balaban J connectivity index is 2.84. The van der Waals surface area contributed by atoms with Crippen molar-refractivity contribution in [2.24, 2.45) is 5.92 Å². The highest BCUT2D eigenvalue weighted by Crippen LogP contribution is 2.17. The predicted molar refractivity (Wildman–Crippen MR) is 251 cm³/mol. The van der Waals surface area contributed by atoms with E-state index in [1.165, 1.54) is 37.8 Å². The van der Waals surface area contributed by atoms with Gasteiger partial charge in [-0.3, -0.25) is 47.9 Å². The zero-order chi connectivity index (χ0) is 52.9. The number of aliphatic carboxylic acids is 4. The highest BCUT2D eigenvalue weighted by molar-refractivity contribution is 7.98. The van der Waals surface area contributed by atoms with Crippen LogP contribution in [0.2, 0.25) is 0 Å². The van der Waals surface area contributed by atoms with Crippen LogP contribution in [0.3, 0.4) is 0 Å². The fourth-order valence-corrected chi connectivity index (χ4v) is 7.59. The number of amides is 6. The van der Waals surface area contributed by atoms with Gasteiger partial charge in [0.15, 0.2) is 12.0 Å². The summed E-state index contributed by atoms with van der Waals surface area (Å²) >= 11 is 1.49. The zero-order valence-electron chi connectivity index (χ0n) is 40.0. The summed E-state index contributed by atoms with van der Waals surface area (Å²) in [6.45, 7) is 1.47. The summed E-state index contributed by atoms with van der Waals surface area (Å²) in [7, 11) is 4.24. The van der Waals surface area contributed by atoms with Gasteiger partial charge in [-0.05, 0) is 57.9 Å². The van der Waals surface area contributed by atoms with Gasteiger partial charge in [0.2, 0.25) is 23.6 Å². The first-order valence-corrected chi connectivity index (χ1v) is 23.8. The number of hydrogen-bond acceptors (Lipinski definition) is 15. The minimum absolute atomic E-state index is 0.0131. The van der Waals surface area contributed by atoms with Gasteiger partial charge in [0.25, 0.3) is 6.47 Å². The fourth-order valence-electron chi connectivity index (χ4n) is 6.88. The number of urea groups is 1. The van der Waals surface area contributed by atoms with E-state index in [0.29, 0.717) is 11.3 Å². The lowest BCUT2D eigenvalue weighted by atomic mass is 9.91. The number of unbranched alkanes of at least 4 members (excludes halogenated alkanes) is 1. The van der Waals surface area contributed by atoms with Gasteiger partial charge >= 0.3 is 29.9 Å². The van der Waals surface area contributed by atoms with E-state index in [1.807, 2.05) is 6.26 Å². The molecule has 25 heteroatoms. The van der Waals surface area contributed by atoms with Crippen molar-refractivity contribution in [3.05, 3.63) is 35.9 Å².